The van der Waals surface area contributed by atoms with Crippen LogP contribution in [0.5, 0.6) is 11.5 Å². The summed E-state index contributed by atoms with van der Waals surface area (Å²) in [5.74, 6) is 1.55. The summed E-state index contributed by atoms with van der Waals surface area (Å²) in [5.41, 5.74) is 2.44. The van der Waals surface area contributed by atoms with Gasteiger partial charge in [0.25, 0.3) is 0 Å². The Morgan fingerprint density at radius 3 is 2.50 bits per heavy atom. The third kappa shape index (κ3) is 3.32. The molecule has 0 saturated carbocycles. The van der Waals surface area contributed by atoms with Gasteiger partial charge in [-0.3, -0.25) is 0 Å². The Balaban J connectivity index is 2.40. The van der Waals surface area contributed by atoms with Gasteiger partial charge in [0.05, 0.1) is 14.2 Å². The number of thiophene rings is 1. The van der Waals surface area contributed by atoms with Crippen molar-refractivity contribution in [3.63, 3.8) is 0 Å². The summed E-state index contributed by atoms with van der Waals surface area (Å²) < 4.78 is 10.8. The van der Waals surface area contributed by atoms with Crippen LogP contribution in [0.2, 0.25) is 0 Å². The van der Waals surface area contributed by atoms with E-state index in [9.17, 15) is 0 Å². The molecule has 2 aromatic rings. The van der Waals surface area contributed by atoms with Crippen molar-refractivity contribution in [1.29, 1.82) is 0 Å². The maximum atomic E-state index is 5.41. The maximum absolute atomic E-state index is 5.41. The minimum Gasteiger partial charge on any atom is -0.493 e. The molecule has 1 aromatic heterocycles. The second-order valence-corrected chi connectivity index (χ2v) is 5.47. The van der Waals surface area contributed by atoms with Crippen molar-refractivity contribution >= 4 is 11.3 Å². The first-order valence-electron chi connectivity index (χ1n) is 6.79. The summed E-state index contributed by atoms with van der Waals surface area (Å²) in [6.45, 7) is 4.02. The number of methoxy groups -OCH3 is 2. The molecule has 2 rings (SSSR count). The summed E-state index contributed by atoms with van der Waals surface area (Å²) in [6.07, 6.45) is 1.13. The van der Waals surface area contributed by atoms with Crippen LogP contribution in [0, 0.1) is 0 Å². The van der Waals surface area contributed by atoms with E-state index >= 15 is 0 Å². The molecule has 0 bridgehead atoms. The predicted molar refractivity (Wildman–Crippen MR) is 84.9 cm³/mol. The number of benzene rings is 1. The lowest BCUT2D eigenvalue weighted by molar-refractivity contribution is 0.354. The second kappa shape index (κ2) is 7.31. The molecule has 1 N–H and O–H groups in total. The Hall–Kier alpha value is -1.52. The van der Waals surface area contributed by atoms with Crippen LogP contribution in [0.15, 0.2) is 29.6 Å². The summed E-state index contributed by atoms with van der Waals surface area (Å²) in [6, 6.07) is 8.33. The van der Waals surface area contributed by atoms with Gasteiger partial charge < -0.3 is 14.8 Å². The van der Waals surface area contributed by atoms with Gasteiger partial charge in [0.1, 0.15) is 0 Å². The molecule has 1 aromatic carbocycles. The van der Waals surface area contributed by atoms with Crippen molar-refractivity contribution in [3.05, 3.63) is 35.2 Å². The van der Waals surface area contributed by atoms with E-state index in [0.29, 0.717) is 0 Å². The molecule has 0 radical (unpaired) electrons. The normalized spacial score (nSPS) is 10.6. The van der Waals surface area contributed by atoms with Crippen LogP contribution < -0.4 is 14.8 Å². The molecule has 108 valence electrons. The molecule has 0 amide bonds. The van der Waals surface area contributed by atoms with E-state index < -0.39 is 0 Å². The average molecular weight is 291 g/mol. The number of hydrogen-bond acceptors (Lipinski definition) is 4. The lowest BCUT2D eigenvalue weighted by atomic mass is 10.0. The van der Waals surface area contributed by atoms with Gasteiger partial charge >= 0.3 is 0 Å². The van der Waals surface area contributed by atoms with Gasteiger partial charge in [-0.15, -0.1) is 11.3 Å². The molecular weight excluding hydrogens is 270 g/mol. The van der Waals surface area contributed by atoms with Crippen LogP contribution in [0.4, 0.5) is 0 Å². The van der Waals surface area contributed by atoms with E-state index in [4.69, 9.17) is 9.47 Å². The Bertz CT molecular complexity index is 538. The third-order valence-corrected chi connectivity index (χ3v) is 4.04. The van der Waals surface area contributed by atoms with E-state index in [2.05, 4.69) is 41.9 Å². The number of rotatable bonds is 7. The minimum atomic E-state index is 0.773. The van der Waals surface area contributed by atoms with Gasteiger partial charge in [0.2, 0.25) is 0 Å². The zero-order valence-electron chi connectivity index (χ0n) is 12.2. The van der Waals surface area contributed by atoms with Gasteiger partial charge in [-0.25, -0.2) is 0 Å². The van der Waals surface area contributed by atoms with Crippen LogP contribution in [0.3, 0.4) is 0 Å². The lowest BCUT2D eigenvalue weighted by Crippen LogP contribution is -2.14. The first-order valence-corrected chi connectivity index (χ1v) is 7.67. The average Bonchev–Trinajstić information content (AvgIpc) is 3.01. The second-order valence-electron chi connectivity index (χ2n) is 4.52. The fourth-order valence-electron chi connectivity index (χ4n) is 2.13. The monoisotopic (exact) mass is 291 g/mol. The fraction of sp³-hybridized carbons (Fsp3) is 0.375. The van der Waals surface area contributed by atoms with Crippen molar-refractivity contribution in [2.24, 2.45) is 0 Å². The molecule has 0 aliphatic rings. The van der Waals surface area contributed by atoms with Crippen molar-refractivity contribution in [2.75, 3.05) is 20.8 Å². The Labute approximate surface area is 124 Å². The topological polar surface area (TPSA) is 30.5 Å². The Morgan fingerprint density at radius 1 is 1.15 bits per heavy atom. The number of ether oxygens (including phenoxy) is 2. The highest BCUT2D eigenvalue weighted by Gasteiger charge is 2.13. The highest BCUT2D eigenvalue weighted by molar-refractivity contribution is 7.13. The maximum Gasteiger partial charge on any atom is 0.161 e. The van der Waals surface area contributed by atoms with Crippen LogP contribution >= 0.6 is 11.3 Å². The zero-order valence-corrected chi connectivity index (χ0v) is 13.0. The van der Waals surface area contributed by atoms with E-state index in [1.807, 2.05) is 0 Å². The first-order chi connectivity index (χ1) is 9.80. The van der Waals surface area contributed by atoms with E-state index in [1.165, 1.54) is 16.0 Å². The number of nitrogens with one attached hydrogen (secondary N) is 1. The molecule has 0 fully saturated rings. The predicted octanol–water partition coefficient (Wildman–Crippen LogP) is 3.93. The van der Waals surface area contributed by atoms with Crippen LogP contribution in [-0.2, 0) is 6.54 Å². The van der Waals surface area contributed by atoms with Crippen LogP contribution in [-0.4, -0.2) is 20.8 Å². The van der Waals surface area contributed by atoms with Crippen LogP contribution in [0.1, 0.15) is 18.9 Å². The fourth-order valence-corrected chi connectivity index (χ4v) is 2.91. The summed E-state index contributed by atoms with van der Waals surface area (Å²) in [4.78, 5) is 1.25. The number of hydrogen-bond donors (Lipinski definition) is 1. The van der Waals surface area contributed by atoms with Gasteiger partial charge in [0, 0.05) is 17.0 Å². The molecule has 0 aliphatic heterocycles. The van der Waals surface area contributed by atoms with Gasteiger partial charge in [-0.2, -0.15) is 0 Å². The molecular formula is C16H21NO2S. The third-order valence-electron chi connectivity index (χ3n) is 3.14. The SMILES string of the molecule is CCCNCc1cc(OC)c(OC)cc1-c1cccs1. The Kier molecular flexibility index (Phi) is 5.44. The highest BCUT2D eigenvalue weighted by atomic mass is 32.1. The zero-order chi connectivity index (χ0) is 14.4. The van der Waals surface area contributed by atoms with Gasteiger partial charge in [0.15, 0.2) is 11.5 Å². The summed E-state index contributed by atoms with van der Waals surface area (Å²) in [5, 5.41) is 5.54. The molecule has 0 unspecified atom stereocenters. The highest BCUT2D eigenvalue weighted by Crippen LogP contribution is 2.37. The minimum absolute atomic E-state index is 0.773. The molecule has 0 aliphatic carbocycles. The van der Waals surface area contributed by atoms with Crippen molar-refractivity contribution in [3.8, 4) is 21.9 Å². The van der Waals surface area contributed by atoms with Gasteiger partial charge in [-0.1, -0.05) is 13.0 Å². The van der Waals surface area contributed by atoms with Crippen molar-refractivity contribution in [1.82, 2.24) is 5.32 Å². The molecule has 0 atom stereocenters. The molecule has 4 heteroatoms. The van der Waals surface area contributed by atoms with E-state index in [0.717, 1.165) is 31.0 Å². The molecule has 1 heterocycles. The summed E-state index contributed by atoms with van der Waals surface area (Å²) >= 11 is 1.74. The largest absolute Gasteiger partial charge is 0.493 e. The molecule has 0 spiro atoms. The Morgan fingerprint density at radius 2 is 1.90 bits per heavy atom. The van der Waals surface area contributed by atoms with E-state index in [1.54, 1.807) is 25.6 Å². The van der Waals surface area contributed by atoms with Gasteiger partial charge in [-0.05, 0) is 42.1 Å². The summed E-state index contributed by atoms with van der Waals surface area (Å²) in [7, 11) is 3.34. The van der Waals surface area contributed by atoms with E-state index in [-0.39, 0.29) is 0 Å². The standard InChI is InChI=1S/C16H21NO2S/c1-4-7-17-11-12-9-14(18-2)15(19-3)10-13(12)16-6-5-8-20-16/h5-6,8-10,17H,4,7,11H2,1-3H3. The molecule has 20 heavy (non-hydrogen) atoms. The van der Waals surface area contributed by atoms with Crippen molar-refractivity contribution < 1.29 is 9.47 Å². The first kappa shape index (κ1) is 14.9. The smallest absolute Gasteiger partial charge is 0.161 e. The van der Waals surface area contributed by atoms with Crippen LogP contribution in [0.25, 0.3) is 10.4 Å². The molecule has 0 saturated heterocycles. The molecule has 3 nitrogen and oxygen atoms in total. The van der Waals surface area contributed by atoms with Crippen molar-refractivity contribution in [2.45, 2.75) is 19.9 Å². The quantitative estimate of drug-likeness (QED) is 0.784. The lowest BCUT2D eigenvalue weighted by Gasteiger charge is -2.14.